The maximum atomic E-state index is 13.4. The van der Waals surface area contributed by atoms with Gasteiger partial charge in [-0.25, -0.2) is 8.42 Å². The van der Waals surface area contributed by atoms with Gasteiger partial charge in [0.25, 0.3) is 10.0 Å². The Morgan fingerprint density at radius 2 is 1.79 bits per heavy atom. The van der Waals surface area contributed by atoms with Crippen molar-refractivity contribution >= 4 is 33.2 Å². The average Bonchev–Trinajstić information content (AvgIpc) is 2.81. The summed E-state index contributed by atoms with van der Waals surface area (Å²) in [5, 5.41) is 3.34. The maximum Gasteiger partial charge on any atom is 0.264 e. The molecular weight excluding hydrogens is 460 g/mol. The number of carbonyl (C=O) groups is 1. The zero-order chi connectivity index (χ0) is 24.0. The van der Waals surface area contributed by atoms with Crippen LogP contribution in [0, 0.1) is 6.92 Å². The second kappa shape index (κ2) is 10.7. The Balaban J connectivity index is 1.89. The molecule has 174 valence electrons. The van der Waals surface area contributed by atoms with Gasteiger partial charge in [0.05, 0.1) is 23.7 Å². The van der Waals surface area contributed by atoms with E-state index in [1.165, 1.54) is 18.2 Å². The van der Waals surface area contributed by atoms with Gasteiger partial charge < -0.3 is 10.1 Å². The first-order valence-corrected chi connectivity index (χ1v) is 12.3. The van der Waals surface area contributed by atoms with Crippen molar-refractivity contribution in [2.24, 2.45) is 0 Å². The third kappa shape index (κ3) is 5.86. The monoisotopic (exact) mass is 486 g/mol. The number of rotatable bonds is 9. The van der Waals surface area contributed by atoms with E-state index in [0.29, 0.717) is 17.1 Å². The molecule has 1 unspecified atom stereocenters. The number of halogens is 1. The van der Waals surface area contributed by atoms with Crippen molar-refractivity contribution in [3.63, 3.8) is 0 Å². The number of methoxy groups -OCH3 is 1. The number of hydrogen-bond acceptors (Lipinski definition) is 4. The van der Waals surface area contributed by atoms with Crippen molar-refractivity contribution in [3.05, 3.63) is 88.9 Å². The van der Waals surface area contributed by atoms with E-state index in [4.69, 9.17) is 16.3 Å². The van der Waals surface area contributed by atoms with Crippen LogP contribution >= 0.6 is 11.6 Å². The van der Waals surface area contributed by atoms with Gasteiger partial charge in [-0.15, -0.1) is 0 Å². The van der Waals surface area contributed by atoms with Crippen molar-refractivity contribution in [3.8, 4) is 5.75 Å². The lowest BCUT2D eigenvalue weighted by molar-refractivity contribution is -0.120. The van der Waals surface area contributed by atoms with E-state index in [0.717, 1.165) is 21.2 Å². The summed E-state index contributed by atoms with van der Waals surface area (Å²) in [5.41, 5.74) is 2.19. The zero-order valence-corrected chi connectivity index (χ0v) is 20.4. The first-order valence-electron chi connectivity index (χ1n) is 10.5. The highest BCUT2D eigenvalue weighted by atomic mass is 35.5. The van der Waals surface area contributed by atoms with Gasteiger partial charge in [-0.1, -0.05) is 54.9 Å². The van der Waals surface area contributed by atoms with Crippen LogP contribution in [0.15, 0.2) is 77.7 Å². The number of hydrogen-bond donors (Lipinski definition) is 1. The zero-order valence-electron chi connectivity index (χ0n) is 18.8. The summed E-state index contributed by atoms with van der Waals surface area (Å²) in [7, 11) is -2.38. The molecule has 0 aliphatic carbocycles. The molecule has 0 heterocycles. The normalized spacial score (nSPS) is 12.1. The van der Waals surface area contributed by atoms with Crippen LogP contribution in [0.1, 0.15) is 30.5 Å². The summed E-state index contributed by atoms with van der Waals surface area (Å²) in [4.78, 5) is 13.2. The molecule has 0 fully saturated rings. The van der Waals surface area contributed by atoms with E-state index in [1.54, 1.807) is 43.5 Å². The molecule has 0 spiro atoms. The van der Waals surface area contributed by atoms with Gasteiger partial charge in [0.2, 0.25) is 5.91 Å². The van der Waals surface area contributed by atoms with E-state index in [-0.39, 0.29) is 17.5 Å². The minimum Gasteiger partial charge on any atom is -0.496 e. The van der Waals surface area contributed by atoms with Gasteiger partial charge in [0.15, 0.2) is 0 Å². The number of nitrogens with one attached hydrogen (secondary N) is 1. The highest BCUT2D eigenvalue weighted by Gasteiger charge is 2.28. The van der Waals surface area contributed by atoms with E-state index in [2.05, 4.69) is 5.32 Å². The summed E-state index contributed by atoms with van der Waals surface area (Å²) < 4.78 is 33.2. The SMILES string of the molecule is CCC(NC(=O)CN(c1cccc(Cl)c1)S(=O)(=O)c1ccccc1)c1ccc(OC)c(C)c1. The Kier molecular flexibility index (Phi) is 8.00. The van der Waals surface area contributed by atoms with Crippen molar-refractivity contribution in [1.82, 2.24) is 5.32 Å². The molecule has 0 saturated heterocycles. The summed E-state index contributed by atoms with van der Waals surface area (Å²) in [6, 6.07) is 19.9. The Bertz CT molecular complexity index is 1220. The molecule has 3 aromatic rings. The van der Waals surface area contributed by atoms with Gasteiger partial charge >= 0.3 is 0 Å². The summed E-state index contributed by atoms with van der Waals surface area (Å²) in [6.45, 7) is 3.51. The van der Waals surface area contributed by atoms with Crippen molar-refractivity contribution in [2.45, 2.75) is 31.2 Å². The number of anilines is 1. The lowest BCUT2D eigenvalue weighted by Gasteiger charge is -2.26. The molecule has 0 bridgehead atoms. The first-order chi connectivity index (χ1) is 15.8. The van der Waals surface area contributed by atoms with E-state index in [9.17, 15) is 13.2 Å². The third-order valence-corrected chi connectivity index (χ3v) is 7.30. The Labute approximate surface area is 200 Å². The average molecular weight is 487 g/mol. The number of benzene rings is 3. The predicted octanol–water partition coefficient (Wildman–Crippen LogP) is 5.12. The number of nitrogens with zero attached hydrogens (tertiary/aromatic N) is 1. The molecule has 0 aliphatic heterocycles. The summed E-state index contributed by atoms with van der Waals surface area (Å²) in [6.07, 6.45) is 0.639. The fourth-order valence-corrected chi connectivity index (χ4v) is 5.19. The minimum atomic E-state index is -3.99. The van der Waals surface area contributed by atoms with Crippen LogP contribution in [0.3, 0.4) is 0 Å². The van der Waals surface area contributed by atoms with E-state index < -0.39 is 15.9 Å². The molecule has 6 nitrogen and oxygen atoms in total. The third-order valence-electron chi connectivity index (χ3n) is 5.28. The second-order valence-electron chi connectivity index (χ2n) is 7.56. The lowest BCUT2D eigenvalue weighted by Crippen LogP contribution is -2.42. The standard InChI is InChI=1S/C25H27ClN2O4S/c1-4-23(19-13-14-24(32-3)18(2)15-19)27-25(29)17-28(21-10-8-9-20(26)16-21)33(30,31)22-11-6-5-7-12-22/h5-16,23H,4,17H2,1-3H3,(H,27,29). The largest absolute Gasteiger partial charge is 0.496 e. The molecule has 33 heavy (non-hydrogen) atoms. The van der Waals surface area contributed by atoms with Gasteiger partial charge in [-0.05, 0) is 60.9 Å². The quantitative estimate of drug-likeness (QED) is 0.455. The van der Waals surface area contributed by atoms with Crippen LogP contribution in [-0.2, 0) is 14.8 Å². The van der Waals surface area contributed by atoms with Crippen LogP contribution in [0.5, 0.6) is 5.75 Å². The Morgan fingerprint density at radius 3 is 2.39 bits per heavy atom. The molecule has 1 N–H and O–H groups in total. The molecule has 0 aromatic heterocycles. The van der Waals surface area contributed by atoms with Crippen molar-refractivity contribution in [2.75, 3.05) is 18.0 Å². The summed E-state index contributed by atoms with van der Waals surface area (Å²) >= 11 is 6.12. The van der Waals surface area contributed by atoms with E-state index >= 15 is 0 Å². The minimum absolute atomic E-state index is 0.0931. The van der Waals surface area contributed by atoms with Gasteiger partial charge in [-0.3, -0.25) is 9.10 Å². The molecule has 3 aromatic carbocycles. The molecule has 1 amide bonds. The molecule has 0 aliphatic rings. The van der Waals surface area contributed by atoms with Crippen LogP contribution in [-0.4, -0.2) is 28.0 Å². The molecule has 3 rings (SSSR count). The molecule has 0 saturated carbocycles. The summed E-state index contributed by atoms with van der Waals surface area (Å²) in [5.74, 6) is 0.343. The smallest absolute Gasteiger partial charge is 0.264 e. The highest BCUT2D eigenvalue weighted by Crippen LogP contribution is 2.27. The molecule has 8 heteroatoms. The van der Waals surface area contributed by atoms with Crippen LogP contribution in [0.25, 0.3) is 0 Å². The Morgan fingerprint density at radius 1 is 1.06 bits per heavy atom. The molecule has 0 radical (unpaired) electrons. The fraction of sp³-hybridized carbons (Fsp3) is 0.240. The topological polar surface area (TPSA) is 75.7 Å². The van der Waals surface area contributed by atoms with Crippen LogP contribution < -0.4 is 14.4 Å². The maximum absolute atomic E-state index is 13.4. The van der Waals surface area contributed by atoms with E-state index in [1.807, 2.05) is 32.0 Å². The van der Waals surface area contributed by atoms with Gasteiger partial charge in [-0.2, -0.15) is 0 Å². The number of ether oxygens (including phenoxy) is 1. The number of amides is 1. The highest BCUT2D eigenvalue weighted by molar-refractivity contribution is 7.92. The Hall–Kier alpha value is -3.03. The number of sulfonamides is 1. The van der Waals surface area contributed by atoms with Crippen LogP contribution in [0.4, 0.5) is 5.69 Å². The first kappa shape index (κ1) is 24.6. The lowest BCUT2D eigenvalue weighted by atomic mass is 10.0. The van der Waals surface area contributed by atoms with Gasteiger partial charge in [0.1, 0.15) is 12.3 Å². The van der Waals surface area contributed by atoms with Gasteiger partial charge in [0, 0.05) is 5.02 Å². The molecule has 1 atom stereocenters. The van der Waals surface area contributed by atoms with Crippen molar-refractivity contribution < 1.29 is 17.9 Å². The molecular formula is C25H27ClN2O4S. The number of aryl methyl sites for hydroxylation is 1. The predicted molar refractivity (Wildman–Crippen MR) is 131 cm³/mol. The fourth-order valence-electron chi connectivity index (χ4n) is 3.58. The van der Waals surface area contributed by atoms with Crippen LogP contribution in [0.2, 0.25) is 5.02 Å². The number of carbonyl (C=O) groups excluding carboxylic acids is 1. The second-order valence-corrected chi connectivity index (χ2v) is 9.86. The van der Waals surface area contributed by atoms with Crippen molar-refractivity contribution in [1.29, 1.82) is 0 Å².